The SMILES string of the molecule is CC(N)CCc1cccc2c1cnn2-c1ccc(F)cc1. The highest BCUT2D eigenvalue weighted by atomic mass is 19.1. The van der Waals surface area contributed by atoms with Crippen LogP contribution < -0.4 is 5.73 Å². The summed E-state index contributed by atoms with van der Waals surface area (Å²) in [4.78, 5) is 0. The molecule has 108 valence electrons. The number of nitrogens with zero attached hydrogens (tertiary/aromatic N) is 2. The fourth-order valence-corrected chi connectivity index (χ4v) is 2.50. The molecule has 0 aliphatic rings. The molecule has 2 N–H and O–H groups in total. The molecule has 0 bridgehead atoms. The van der Waals surface area contributed by atoms with Gasteiger partial charge in [0, 0.05) is 11.4 Å². The zero-order valence-corrected chi connectivity index (χ0v) is 12.0. The molecule has 1 aromatic heterocycles. The molecular weight excluding hydrogens is 265 g/mol. The van der Waals surface area contributed by atoms with Gasteiger partial charge in [-0.3, -0.25) is 0 Å². The molecule has 0 radical (unpaired) electrons. The standard InChI is InChI=1S/C17H18FN3/c1-12(19)5-6-13-3-2-4-17-16(13)11-20-21(17)15-9-7-14(18)8-10-15/h2-4,7-12H,5-6,19H2,1H3. The van der Waals surface area contributed by atoms with Crippen LogP contribution in [0.1, 0.15) is 18.9 Å². The molecular formula is C17H18FN3. The smallest absolute Gasteiger partial charge is 0.123 e. The summed E-state index contributed by atoms with van der Waals surface area (Å²) in [6, 6.07) is 12.7. The topological polar surface area (TPSA) is 43.8 Å². The Hall–Kier alpha value is -2.20. The van der Waals surface area contributed by atoms with Gasteiger partial charge in [-0.15, -0.1) is 0 Å². The summed E-state index contributed by atoms with van der Waals surface area (Å²) in [7, 11) is 0. The van der Waals surface area contributed by atoms with E-state index < -0.39 is 0 Å². The largest absolute Gasteiger partial charge is 0.328 e. The fourth-order valence-electron chi connectivity index (χ4n) is 2.50. The molecule has 1 atom stereocenters. The minimum Gasteiger partial charge on any atom is -0.328 e. The van der Waals surface area contributed by atoms with Crippen molar-refractivity contribution in [2.45, 2.75) is 25.8 Å². The number of rotatable bonds is 4. The molecule has 3 nitrogen and oxygen atoms in total. The van der Waals surface area contributed by atoms with Gasteiger partial charge < -0.3 is 5.73 Å². The molecule has 3 rings (SSSR count). The van der Waals surface area contributed by atoms with Crippen molar-refractivity contribution in [2.24, 2.45) is 5.73 Å². The lowest BCUT2D eigenvalue weighted by molar-refractivity contribution is 0.627. The summed E-state index contributed by atoms with van der Waals surface area (Å²) in [5, 5.41) is 5.57. The van der Waals surface area contributed by atoms with Gasteiger partial charge in [-0.2, -0.15) is 5.10 Å². The number of aromatic nitrogens is 2. The zero-order chi connectivity index (χ0) is 14.8. The molecule has 0 fully saturated rings. The number of nitrogens with two attached hydrogens (primary N) is 1. The number of hydrogen-bond acceptors (Lipinski definition) is 2. The third-order valence-electron chi connectivity index (χ3n) is 3.64. The highest BCUT2D eigenvalue weighted by Gasteiger charge is 2.09. The summed E-state index contributed by atoms with van der Waals surface area (Å²) in [6.07, 6.45) is 3.75. The average Bonchev–Trinajstić information content (AvgIpc) is 2.90. The van der Waals surface area contributed by atoms with Gasteiger partial charge in [0.1, 0.15) is 5.82 Å². The van der Waals surface area contributed by atoms with Crippen molar-refractivity contribution in [1.82, 2.24) is 9.78 Å². The molecule has 0 amide bonds. The molecule has 3 aromatic rings. The predicted molar refractivity (Wildman–Crippen MR) is 83.0 cm³/mol. The molecule has 4 heteroatoms. The van der Waals surface area contributed by atoms with Crippen molar-refractivity contribution in [2.75, 3.05) is 0 Å². The van der Waals surface area contributed by atoms with E-state index in [-0.39, 0.29) is 11.9 Å². The second-order valence-corrected chi connectivity index (χ2v) is 5.40. The third-order valence-corrected chi connectivity index (χ3v) is 3.64. The number of fused-ring (bicyclic) bond motifs is 1. The Bertz CT molecular complexity index is 744. The maximum absolute atomic E-state index is 13.0. The lowest BCUT2D eigenvalue weighted by Crippen LogP contribution is -2.15. The molecule has 0 saturated heterocycles. The second kappa shape index (κ2) is 5.66. The van der Waals surface area contributed by atoms with Crippen LogP contribution in [0.5, 0.6) is 0 Å². The Labute approximate surface area is 123 Å². The van der Waals surface area contributed by atoms with E-state index >= 15 is 0 Å². The van der Waals surface area contributed by atoms with Crippen LogP contribution in [0.2, 0.25) is 0 Å². The van der Waals surface area contributed by atoms with Crippen LogP contribution in [-0.2, 0) is 6.42 Å². The normalized spacial score (nSPS) is 12.7. The van der Waals surface area contributed by atoms with Crippen molar-refractivity contribution in [3.63, 3.8) is 0 Å². The average molecular weight is 283 g/mol. The van der Waals surface area contributed by atoms with Gasteiger partial charge in [0.15, 0.2) is 0 Å². The van der Waals surface area contributed by atoms with Crippen molar-refractivity contribution in [1.29, 1.82) is 0 Å². The number of hydrogen-bond donors (Lipinski definition) is 1. The van der Waals surface area contributed by atoms with E-state index in [2.05, 4.69) is 11.2 Å². The van der Waals surface area contributed by atoms with E-state index in [1.165, 1.54) is 17.7 Å². The lowest BCUT2D eigenvalue weighted by atomic mass is 10.0. The first-order chi connectivity index (χ1) is 10.1. The van der Waals surface area contributed by atoms with Gasteiger partial charge in [0.05, 0.1) is 17.4 Å². The molecule has 1 heterocycles. The lowest BCUT2D eigenvalue weighted by Gasteiger charge is -2.07. The minimum absolute atomic E-state index is 0.187. The van der Waals surface area contributed by atoms with Crippen LogP contribution >= 0.6 is 0 Å². The maximum atomic E-state index is 13.0. The predicted octanol–water partition coefficient (Wildman–Crippen LogP) is 3.44. The first kappa shape index (κ1) is 13.8. The summed E-state index contributed by atoms with van der Waals surface area (Å²) in [5.74, 6) is -0.243. The molecule has 0 spiro atoms. The number of halogens is 1. The van der Waals surface area contributed by atoms with E-state index in [4.69, 9.17) is 5.73 Å². The van der Waals surface area contributed by atoms with E-state index in [1.54, 1.807) is 12.1 Å². The molecule has 2 aromatic carbocycles. The van der Waals surface area contributed by atoms with Crippen molar-refractivity contribution < 1.29 is 4.39 Å². The summed E-state index contributed by atoms with van der Waals surface area (Å²) in [6.45, 7) is 2.02. The van der Waals surface area contributed by atoms with Crippen LogP contribution in [0.15, 0.2) is 48.7 Å². The second-order valence-electron chi connectivity index (χ2n) is 5.40. The van der Waals surface area contributed by atoms with E-state index in [0.29, 0.717) is 0 Å². The van der Waals surface area contributed by atoms with Crippen LogP contribution in [0.4, 0.5) is 4.39 Å². The number of benzene rings is 2. The van der Waals surface area contributed by atoms with Crippen molar-refractivity contribution in [3.05, 3.63) is 60.0 Å². The van der Waals surface area contributed by atoms with Gasteiger partial charge in [-0.1, -0.05) is 12.1 Å². The molecule has 0 saturated carbocycles. The monoisotopic (exact) mass is 283 g/mol. The Kier molecular flexibility index (Phi) is 3.71. The van der Waals surface area contributed by atoms with Gasteiger partial charge in [0.25, 0.3) is 0 Å². The Morgan fingerprint density at radius 2 is 1.95 bits per heavy atom. The van der Waals surface area contributed by atoms with Crippen LogP contribution in [-0.4, -0.2) is 15.8 Å². The van der Waals surface area contributed by atoms with E-state index in [0.717, 1.165) is 29.4 Å². The van der Waals surface area contributed by atoms with Crippen LogP contribution in [0.25, 0.3) is 16.6 Å². The Morgan fingerprint density at radius 1 is 1.19 bits per heavy atom. The van der Waals surface area contributed by atoms with E-state index in [9.17, 15) is 4.39 Å². The molecule has 0 aliphatic carbocycles. The third kappa shape index (κ3) is 2.81. The molecule has 21 heavy (non-hydrogen) atoms. The highest BCUT2D eigenvalue weighted by molar-refractivity contribution is 5.83. The highest BCUT2D eigenvalue weighted by Crippen LogP contribution is 2.23. The first-order valence-electron chi connectivity index (χ1n) is 7.12. The Morgan fingerprint density at radius 3 is 2.67 bits per heavy atom. The van der Waals surface area contributed by atoms with Gasteiger partial charge in [0.2, 0.25) is 0 Å². The number of aryl methyl sites for hydroxylation is 1. The summed E-state index contributed by atoms with van der Waals surface area (Å²) in [5.41, 5.74) is 8.98. The summed E-state index contributed by atoms with van der Waals surface area (Å²) >= 11 is 0. The summed E-state index contributed by atoms with van der Waals surface area (Å²) < 4.78 is 14.9. The quantitative estimate of drug-likeness (QED) is 0.797. The van der Waals surface area contributed by atoms with Gasteiger partial charge >= 0.3 is 0 Å². The molecule has 0 aliphatic heterocycles. The fraction of sp³-hybridized carbons (Fsp3) is 0.235. The van der Waals surface area contributed by atoms with Crippen LogP contribution in [0, 0.1) is 5.82 Å². The van der Waals surface area contributed by atoms with Crippen LogP contribution in [0.3, 0.4) is 0 Å². The van der Waals surface area contributed by atoms with Gasteiger partial charge in [-0.05, 0) is 55.7 Å². The van der Waals surface area contributed by atoms with E-state index in [1.807, 2.05) is 29.9 Å². The zero-order valence-electron chi connectivity index (χ0n) is 12.0. The minimum atomic E-state index is -0.243. The first-order valence-corrected chi connectivity index (χ1v) is 7.12. The Balaban J connectivity index is 2.02. The van der Waals surface area contributed by atoms with Gasteiger partial charge in [-0.25, -0.2) is 9.07 Å². The molecule has 1 unspecified atom stereocenters. The van der Waals surface area contributed by atoms with Crippen molar-refractivity contribution in [3.8, 4) is 5.69 Å². The maximum Gasteiger partial charge on any atom is 0.123 e. The van der Waals surface area contributed by atoms with Crippen molar-refractivity contribution >= 4 is 10.9 Å².